The van der Waals surface area contributed by atoms with Crippen LogP contribution in [0.4, 0.5) is 5.69 Å². The van der Waals surface area contributed by atoms with Gasteiger partial charge in [-0.05, 0) is 56.2 Å². The van der Waals surface area contributed by atoms with Crippen LogP contribution in [0.15, 0.2) is 47.4 Å². The summed E-state index contributed by atoms with van der Waals surface area (Å²) in [7, 11) is -4.01. The molecule has 0 saturated carbocycles. The second-order valence-electron chi connectivity index (χ2n) is 7.84. The van der Waals surface area contributed by atoms with Crippen molar-refractivity contribution >= 4 is 27.6 Å². The standard InChI is InChI=1S/C23H23N3O7S/c1-15(22(27)25-17-6-4-16(14-24)5-7-17)33-23(28)19-3-2-10-26(19)34(29,30)18-8-9-20-21(13-18)32-12-11-31-20/h4-9,13,15,19H,2-3,10-12H2,1H3,(H,25,27). The van der Waals surface area contributed by atoms with E-state index in [1.165, 1.54) is 25.1 Å². The first kappa shape index (κ1) is 23.5. The van der Waals surface area contributed by atoms with Crippen molar-refractivity contribution in [1.82, 2.24) is 4.31 Å². The van der Waals surface area contributed by atoms with Gasteiger partial charge in [0.25, 0.3) is 5.91 Å². The quantitative estimate of drug-likeness (QED) is 0.614. The average Bonchev–Trinajstić information content (AvgIpc) is 3.35. The number of benzene rings is 2. The van der Waals surface area contributed by atoms with Crippen molar-refractivity contribution < 1.29 is 32.2 Å². The van der Waals surface area contributed by atoms with Gasteiger partial charge in [0.15, 0.2) is 17.6 Å². The lowest BCUT2D eigenvalue weighted by molar-refractivity contribution is -0.156. The van der Waals surface area contributed by atoms with E-state index in [-0.39, 0.29) is 17.9 Å². The maximum Gasteiger partial charge on any atom is 0.325 e. The van der Waals surface area contributed by atoms with Crippen molar-refractivity contribution in [2.45, 2.75) is 36.8 Å². The van der Waals surface area contributed by atoms with Gasteiger partial charge in [0.05, 0.1) is 16.5 Å². The van der Waals surface area contributed by atoms with Crippen LogP contribution in [0.1, 0.15) is 25.3 Å². The lowest BCUT2D eigenvalue weighted by atomic mass is 10.2. The molecule has 2 aliphatic heterocycles. The molecule has 2 atom stereocenters. The number of hydrogen-bond acceptors (Lipinski definition) is 8. The topological polar surface area (TPSA) is 135 Å². The summed E-state index contributed by atoms with van der Waals surface area (Å²) in [5.74, 6) is -0.568. The second-order valence-corrected chi connectivity index (χ2v) is 9.73. The Morgan fingerprint density at radius 1 is 1.15 bits per heavy atom. The molecule has 2 aromatic rings. The Morgan fingerprint density at radius 2 is 1.85 bits per heavy atom. The van der Waals surface area contributed by atoms with Crippen molar-refractivity contribution in [3.8, 4) is 17.6 Å². The Bertz CT molecular complexity index is 1240. The van der Waals surface area contributed by atoms with Gasteiger partial charge < -0.3 is 19.5 Å². The monoisotopic (exact) mass is 485 g/mol. The first-order valence-electron chi connectivity index (χ1n) is 10.7. The lowest BCUT2D eigenvalue weighted by Gasteiger charge is -2.25. The van der Waals surface area contributed by atoms with Crippen LogP contribution < -0.4 is 14.8 Å². The fourth-order valence-electron chi connectivity index (χ4n) is 3.76. The van der Waals surface area contributed by atoms with Gasteiger partial charge in [0.2, 0.25) is 10.0 Å². The molecule has 0 bridgehead atoms. The van der Waals surface area contributed by atoms with Gasteiger partial charge in [0.1, 0.15) is 19.3 Å². The number of nitrogens with zero attached hydrogens (tertiary/aromatic N) is 2. The number of nitriles is 1. The summed E-state index contributed by atoms with van der Waals surface area (Å²) in [6.45, 7) is 2.27. The van der Waals surface area contributed by atoms with Gasteiger partial charge >= 0.3 is 5.97 Å². The number of nitrogens with one attached hydrogen (secondary N) is 1. The maximum atomic E-state index is 13.3. The fourth-order valence-corrected chi connectivity index (χ4v) is 5.42. The van der Waals surface area contributed by atoms with E-state index < -0.39 is 34.0 Å². The molecule has 11 heteroatoms. The van der Waals surface area contributed by atoms with E-state index in [9.17, 15) is 18.0 Å². The lowest BCUT2D eigenvalue weighted by Crippen LogP contribution is -2.43. The van der Waals surface area contributed by atoms with E-state index in [4.69, 9.17) is 19.5 Å². The van der Waals surface area contributed by atoms with Gasteiger partial charge in [-0.25, -0.2) is 8.42 Å². The summed E-state index contributed by atoms with van der Waals surface area (Å²) in [4.78, 5) is 25.3. The third-order valence-corrected chi connectivity index (χ3v) is 7.44. The summed E-state index contributed by atoms with van der Waals surface area (Å²) >= 11 is 0. The van der Waals surface area contributed by atoms with Crippen molar-refractivity contribution in [3.63, 3.8) is 0 Å². The van der Waals surface area contributed by atoms with E-state index in [0.29, 0.717) is 42.4 Å². The molecule has 1 saturated heterocycles. The van der Waals surface area contributed by atoms with Crippen LogP contribution in [0.3, 0.4) is 0 Å². The minimum atomic E-state index is -4.01. The van der Waals surface area contributed by atoms with Crippen molar-refractivity contribution in [2.75, 3.05) is 25.1 Å². The van der Waals surface area contributed by atoms with Crippen LogP contribution in [-0.2, 0) is 24.3 Å². The Labute approximate surface area is 197 Å². The van der Waals surface area contributed by atoms with Crippen LogP contribution in [0.5, 0.6) is 11.5 Å². The van der Waals surface area contributed by atoms with Crippen LogP contribution in [0.2, 0.25) is 0 Å². The molecule has 2 heterocycles. The highest BCUT2D eigenvalue weighted by atomic mass is 32.2. The highest BCUT2D eigenvalue weighted by Crippen LogP contribution is 2.35. The predicted molar refractivity (Wildman–Crippen MR) is 120 cm³/mol. The maximum absolute atomic E-state index is 13.3. The number of fused-ring (bicyclic) bond motifs is 1. The molecule has 4 rings (SSSR count). The normalized spacial score (nSPS) is 18.5. The molecular formula is C23H23N3O7S. The van der Waals surface area contributed by atoms with E-state index in [1.54, 1.807) is 24.3 Å². The first-order valence-corrected chi connectivity index (χ1v) is 12.2. The molecule has 0 aliphatic carbocycles. The number of carbonyl (C=O) groups is 2. The fraction of sp³-hybridized carbons (Fsp3) is 0.348. The third kappa shape index (κ3) is 4.83. The second kappa shape index (κ2) is 9.70. The van der Waals surface area contributed by atoms with E-state index in [0.717, 1.165) is 4.31 Å². The number of ether oxygens (including phenoxy) is 3. The summed E-state index contributed by atoms with van der Waals surface area (Å²) in [5, 5.41) is 11.5. The average molecular weight is 486 g/mol. The van der Waals surface area contributed by atoms with Gasteiger partial charge in [0, 0.05) is 18.3 Å². The predicted octanol–water partition coefficient (Wildman–Crippen LogP) is 2.05. The zero-order valence-electron chi connectivity index (χ0n) is 18.4. The van der Waals surface area contributed by atoms with Gasteiger partial charge in [-0.2, -0.15) is 9.57 Å². The first-order chi connectivity index (χ1) is 16.3. The highest BCUT2D eigenvalue weighted by molar-refractivity contribution is 7.89. The third-order valence-electron chi connectivity index (χ3n) is 5.54. The number of anilines is 1. The van der Waals surface area contributed by atoms with Gasteiger partial charge in [-0.3, -0.25) is 9.59 Å². The number of carbonyl (C=O) groups excluding carboxylic acids is 2. The molecule has 0 spiro atoms. The zero-order chi connectivity index (χ0) is 24.3. The van der Waals surface area contributed by atoms with E-state index >= 15 is 0 Å². The van der Waals surface area contributed by atoms with Crippen LogP contribution in [0.25, 0.3) is 0 Å². The highest BCUT2D eigenvalue weighted by Gasteiger charge is 2.41. The molecule has 2 unspecified atom stereocenters. The smallest absolute Gasteiger partial charge is 0.325 e. The molecule has 1 amide bonds. The zero-order valence-corrected chi connectivity index (χ0v) is 19.2. The number of amides is 1. The number of sulfonamides is 1. The van der Waals surface area contributed by atoms with Crippen molar-refractivity contribution in [2.24, 2.45) is 0 Å². The summed E-state index contributed by atoms with van der Waals surface area (Å²) < 4.78 is 43.9. The molecule has 0 radical (unpaired) electrons. The molecule has 0 aromatic heterocycles. The molecule has 34 heavy (non-hydrogen) atoms. The summed E-state index contributed by atoms with van der Waals surface area (Å²) in [6.07, 6.45) is -0.385. The summed E-state index contributed by atoms with van der Waals surface area (Å²) in [5.41, 5.74) is 0.883. The Kier molecular flexibility index (Phi) is 6.72. The summed E-state index contributed by atoms with van der Waals surface area (Å²) in [6, 6.07) is 11.5. The SMILES string of the molecule is CC(OC(=O)C1CCCN1S(=O)(=O)c1ccc2c(c1)OCCO2)C(=O)Nc1ccc(C#N)cc1. The van der Waals surface area contributed by atoms with Crippen molar-refractivity contribution in [1.29, 1.82) is 5.26 Å². The van der Waals surface area contributed by atoms with Crippen LogP contribution in [-0.4, -0.2) is 56.5 Å². The molecule has 1 fully saturated rings. The van der Waals surface area contributed by atoms with E-state index in [2.05, 4.69) is 5.32 Å². The van der Waals surface area contributed by atoms with E-state index in [1.807, 2.05) is 6.07 Å². The molecule has 2 aliphatic rings. The van der Waals surface area contributed by atoms with Crippen LogP contribution >= 0.6 is 0 Å². The van der Waals surface area contributed by atoms with Gasteiger partial charge in [-0.1, -0.05) is 0 Å². The largest absolute Gasteiger partial charge is 0.486 e. The molecular weight excluding hydrogens is 462 g/mol. The number of rotatable bonds is 6. The Balaban J connectivity index is 1.43. The van der Waals surface area contributed by atoms with Crippen molar-refractivity contribution in [3.05, 3.63) is 48.0 Å². The Morgan fingerprint density at radius 3 is 2.56 bits per heavy atom. The molecule has 178 valence electrons. The minimum absolute atomic E-state index is 0.0111. The molecule has 1 N–H and O–H groups in total. The van der Waals surface area contributed by atoms with Crippen LogP contribution in [0, 0.1) is 11.3 Å². The number of hydrogen-bond donors (Lipinski definition) is 1. The minimum Gasteiger partial charge on any atom is -0.486 e. The number of esters is 1. The molecule has 2 aromatic carbocycles. The Hall–Kier alpha value is -3.62. The van der Waals surface area contributed by atoms with Gasteiger partial charge in [-0.15, -0.1) is 0 Å². The molecule has 10 nitrogen and oxygen atoms in total.